The summed E-state index contributed by atoms with van der Waals surface area (Å²) in [5, 5.41) is 1.53. The molecule has 268 valence electrons. The van der Waals surface area contributed by atoms with Crippen molar-refractivity contribution in [3.8, 4) is 0 Å². The number of rotatable bonds is 15. The molecule has 0 aromatic heterocycles. The molecule has 0 unspecified atom stereocenters. The Labute approximate surface area is 294 Å². The second-order valence-corrected chi connectivity index (χ2v) is 17.1. The number of hydrogen-bond acceptors (Lipinski definition) is 11. The Bertz CT molecular complexity index is 1550. The van der Waals surface area contributed by atoms with E-state index in [0.717, 1.165) is 15.9 Å². The molecular formula is C38H46O11Si. The first-order valence-corrected chi connectivity index (χ1v) is 18.3. The van der Waals surface area contributed by atoms with Crippen molar-refractivity contribution < 1.29 is 52.1 Å². The van der Waals surface area contributed by atoms with Gasteiger partial charge in [-0.15, -0.1) is 0 Å². The molecule has 3 aromatic rings. The highest BCUT2D eigenvalue weighted by molar-refractivity contribution is 6.99. The van der Waals surface area contributed by atoms with Crippen LogP contribution in [0.4, 0.5) is 0 Å². The average Bonchev–Trinajstić information content (AvgIpc) is 3.09. The van der Waals surface area contributed by atoms with Crippen LogP contribution < -0.4 is 10.4 Å². The largest absolute Gasteiger partial charge is 0.458 e. The third kappa shape index (κ3) is 10.3. The summed E-state index contributed by atoms with van der Waals surface area (Å²) in [5.41, 5.74) is 0.757. The summed E-state index contributed by atoms with van der Waals surface area (Å²) in [4.78, 5) is 63.5. The molecule has 5 atom stereocenters. The first-order chi connectivity index (χ1) is 23.6. The van der Waals surface area contributed by atoms with Gasteiger partial charge in [0.05, 0.1) is 0 Å². The van der Waals surface area contributed by atoms with Crippen molar-refractivity contribution in [3.63, 3.8) is 0 Å². The van der Waals surface area contributed by atoms with Crippen molar-refractivity contribution in [1.29, 1.82) is 0 Å². The van der Waals surface area contributed by atoms with Gasteiger partial charge in [-0.1, -0.05) is 112 Å². The maximum atomic E-state index is 13.3. The molecule has 11 nitrogen and oxygen atoms in total. The fraction of sp³-hybridized carbons (Fsp3) is 0.395. The van der Waals surface area contributed by atoms with Crippen LogP contribution in [0.15, 0.2) is 91.0 Å². The molecule has 0 heterocycles. The Kier molecular flexibility index (Phi) is 14.0. The van der Waals surface area contributed by atoms with E-state index >= 15 is 0 Å². The Hall–Kier alpha value is -4.81. The van der Waals surface area contributed by atoms with Crippen LogP contribution in [0.5, 0.6) is 0 Å². The van der Waals surface area contributed by atoms with Crippen LogP contribution in [-0.4, -0.2) is 68.7 Å². The lowest BCUT2D eigenvalue weighted by Gasteiger charge is -2.44. The van der Waals surface area contributed by atoms with Gasteiger partial charge in [0.2, 0.25) is 0 Å². The zero-order chi connectivity index (χ0) is 37.1. The van der Waals surface area contributed by atoms with Gasteiger partial charge in [-0.2, -0.15) is 0 Å². The Morgan fingerprint density at radius 1 is 0.500 bits per heavy atom. The molecule has 3 rings (SSSR count). The number of carbonyl (C=O) groups is 5. The minimum atomic E-state index is -3.10. The van der Waals surface area contributed by atoms with E-state index in [0.29, 0.717) is 0 Å². The molecule has 0 aliphatic rings. The highest BCUT2D eigenvalue weighted by atomic mass is 28.4. The number of benzene rings is 3. The van der Waals surface area contributed by atoms with E-state index in [1.54, 1.807) is 31.2 Å². The van der Waals surface area contributed by atoms with Crippen molar-refractivity contribution in [3.05, 3.63) is 96.6 Å². The normalized spacial score (nSPS) is 14.6. The first-order valence-electron chi connectivity index (χ1n) is 16.4. The van der Waals surface area contributed by atoms with Crippen LogP contribution in [0.2, 0.25) is 5.04 Å². The fourth-order valence-corrected chi connectivity index (χ4v) is 9.76. The number of hydrogen-bond donors (Lipinski definition) is 0. The zero-order valence-electron chi connectivity index (χ0n) is 29.7. The second-order valence-electron chi connectivity index (χ2n) is 12.8. The van der Waals surface area contributed by atoms with Crippen molar-refractivity contribution in [1.82, 2.24) is 0 Å². The predicted octanol–water partition coefficient (Wildman–Crippen LogP) is 4.42. The van der Waals surface area contributed by atoms with E-state index in [-0.39, 0.29) is 6.61 Å². The summed E-state index contributed by atoms with van der Waals surface area (Å²) in [6, 6.07) is 28.5. The molecule has 0 N–H and O–H groups in total. The molecule has 50 heavy (non-hydrogen) atoms. The van der Waals surface area contributed by atoms with Crippen molar-refractivity contribution in [2.24, 2.45) is 0 Å². The summed E-state index contributed by atoms with van der Waals surface area (Å²) in [6.45, 7) is 12.9. The predicted molar refractivity (Wildman–Crippen MR) is 187 cm³/mol. The fourth-order valence-electron chi connectivity index (χ4n) is 5.12. The van der Waals surface area contributed by atoms with Crippen molar-refractivity contribution >= 4 is 48.5 Å². The van der Waals surface area contributed by atoms with Gasteiger partial charge < -0.3 is 28.1 Å². The van der Waals surface area contributed by atoms with E-state index in [2.05, 4.69) is 20.8 Å². The minimum absolute atomic E-state index is 0.00451. The summed E-state index contributed by atoms with van der Waals surface area (Å²) in [5.74, 6) is -4.63. The van der Waals surface area contributed by atoms with Gasteiger partial charge in [-0.25, -0.2) is 24.0 Å². The molecule has 0 amide bonds. The molecule has 3 aromatic carbocycles. The molecule has 0 radical (unpaired) electrons. The highest BCUT2D eigenvalue weighted by Crippen LogP contribution is 2.37. The van der Waals surface area contributed by atoms with Crippen molar-refractivity contribution in [2.45, 2.75) is 97.6 Å². The molecule has 12 heteroatoms. The molecule has 0 saturated heterocycles. The lowest BCUT2D eigenvalue weighted by molar-refractivity contribution is -0.185. The first kappa shape index (κ1) is 39.6. The molecule has 0 spiro atoms. The van der Waals surface area contributed by atoms with Gasteiger partial charge in [0.15, 0.2) is 24.4 Å². The quantitative estimate of drug-likeness (QED) is 0.126. The second kappa shape index (κ2) is 17.7. The van der Waals surface area contributed by atoms with Gasteiger partial charge in [0, 0.05) is 0 Å². The lowest BCUT2D eigenvalue weighted by atomic mass is 10.2. The molecule has 0 aliphatic carbocycles. The van der Waals surface area contributed by atoms with Gasteiger partial charge in [-0.3, -0.25) is 0 Å². The smallest absolute Gasteiger partial charge is 0.347 e. The minimum Gasteiger partial charge on any atom is -0.458 e. The maximum absolute atomic E-state index is 13.3. The molecule has 0 aliphatic heterocycles. The molecular weight excluding hydrogens is 660 g/mol. The summed E-state index contributed by atoms with van der Waals surface area (Å²) < 4.78 is 32.7. The standard InChI is InChI=1S/C38H46O11Si/c1-25(33(39)44-24-30-18-12-9-13-19-30)45-34(40)26(2)46-35(41)27(3)47-36(42)28(4)48-37(43)29(5)49-50(38(6,7)8,31-20-14-10-15-21-31)32-22-16-11-17-23-32/h9-23,25-29H,24H2,1-8H3/t25-,26-,27-,28-,29+/m1/s1. The van der Waals surface area contributed by atoms with Crippen LogP contribution >= 0.6 is 0 Å². The Balaban J connectivity index is 1.55. The van der Waals surface area contributed by atoms with E-state index in [4.69, 9.17) is 28.1 Å². The number of ether oxygens (including phenoxy) is 5. The van der Waals surface area contributed by atoms with Gasteiger partial charge in [0.1, 0.15) is 12.7 Å². The Morgan fingerprint density at radius 2 is 0.820 bits per heavy atom. The highest BCUT2D eigenvalue weighted by Gasteiger charge is 2.52. The molecule has 0 fully saturated rings. The lowest BCUT2D eigenvalue weighted by Crippen LogP contribution is -2.68. The van der Waals surface area contributed by atoms with Gasteiger partial charge in [-0.05, 0) is 55.6 Å². The van der Waals surface area contributed by atoms with E-state index < -0.39 is 73.7 Å². The third-order valence-electron chi connectivity index (χ3n) is 7.83. The van der Waals surface area contributed by atoms with Crippen LogP contribution in [0.3, 0.4) is 0 Å². The van der Waals surface area contributed by atoms with Crippen LogP contribution in [0, 0.1) is 0 Å². The van der Waals surface area contributed by atoms with Crippen LogP contribution in [0.25, 0.3) is 0 Å². The third-order valence-corrected chi connectivity index (χ3v) is 12.9. The average molecular weight is 707 g/mol. The van der Waals surface area contributed by atoms with Gasteiger partial charge in [0.25, 0.3) is 8.32 Å². The molecule has 0 saturated carbocycles. The van der Waals surface area contributed by atoms with Gasteiger partial charge >= 0.3 is 29.8 Å². The summed E-state index contributed by atoms with van der Waals surface area (Å²) >= 11 is 0. The van der Waals surface area contributed by atoms with E-state index in [1.165, 1.54) is 27.7 Å². The van der Waals surface area contributed by atoms with Crippen LogP contribution in [-0.2, 0) is 58.7 Å². The van der Waals surface area contributed by atoms with Crippen LogP contribution in [0.1, 0.15) is 61.0 Å². The topological polar surface area (TPSA) is 141 Å². The Morgan fingerprint density at radius 3 is 1.18 bits per heavy atom. The number of esters is 5. The number of carbonyl (C=O) groups excluding carboxylic acids is 5. The summed E-state index contributed by atoms with van der Waals surface area (Å²) in [7, 11) is -3.10. The molecule has 0 bridgehead atoms. The SMILES string of the molecule is C[C@H](O[Si](c1ccccc1)(c1ccccc1)C(C)(C)C)C(=O)O[C@H](C)C(=O)O[C@H](C)C(=O)O[C@H](C)C(=O)O[C@H](C)C(=O)OCc1ccccc1. The summed E-state index contributed by atoms with van der Waals surface area (Å²) in [6.07, 6.45) is -6.61. The zero-order valence-corrected chi connectivity index (χ0v) is 30.7. The monoisotopic (exact) mass is 706 g/mol. The van der Waals surface area contributed by atoms with E-state index in [9.17, 15) is 24.0 Å². The van der Waals surface area contributed by atoms with E-state index in [1.807, 2.05) is 66.7 Å². The van der Waals surface area contributed by atoms with Crippen molar-refractivity contribution in [2.75, 3.05) is 0 Å². The maximum Gasteiger partial charge on any atom is 0.347 e.